The van der Waals surface area contributed by atoms with Crippen LogP contribution in [-0.4, -0.2) is 31.2 Å². The normalized spacial score (nSPS) is 35.1. The first-order valence-electron chi connectivity index (χ1n) is 5.97. The first-order valence-corrected chi connectivity index (χ1v) is 7.56. The molecule has 102 valence electrons. The molecule has 0 aromatic heterocycles. The van der Waals surface area contributed by atoms with Crippen molar-refractivity contribution in [2.75, 3.05) is 14.2 Å². The van der Waals surface area contributed by atoms with Gasteiger partial charge in [0.25, 0.3) is 0 Å². The molecule has 0 saturated heterocycles. The molecule has 1 N–H and O–H groups in total. The van der Waals surface area contributed by atoms with Crippen LogP contribution in [0.5, 0.6) is 0 Å². The molecule has 2 aliphatic carbocycles. The fourth-order valence-corrected chi connectivity index (χ4v) is 5.08. The number of aliphatic hydroxyl groups excluding tert-OH is 1. The van der Waals surface area contributed by atoms with E-state index in [2.05, 4.69) is 38.4 Å². The molecule has 3 nitrogen and oxygen atoms in total. The van der Waals surface area contributed by atoms with Crippen molar-refractivity contribution in [2.45, 2.75) is 24.7 Å². The molecule has 0 aliphatic heterocycles. The minimum absolute atomic E-state index is 0.0295. The third-order valence-corrected chi connectivity index (χ3v) is 6.64. The van der Waals surface area contributed by atoms with Crippen LogP contribution in [0.4, 0.5) is 0 Å². The third kappa shape index (κ3) is 1.86. The lowest BCUT2D eigenvalue weighted by atomic mass is 9.86. The molecule has 2 aliphatic rings. The lowest BCUT2D eigenvalue weighted by Gasteiger charge is -2.34. The van der Waals surface area contributed by atoms with Gasteiger partial charge < -0.3 is 14.6 Å². The lowest BCUT2D eigenvalue weighted by molar-refractivity contribution is -0.234. The Kier molecular flexibility index (Phi) is 4.39. The minimum atomic E-state index is -0.662. The van der Waals surface area contributed by atoms with Gasteiger partial charge in [0.1, 0.15) is 0 Å². The highest BCUT2D eigenvalue weighted by Gasteiger charge is 2.64. The van der Waals surface area contributed by atoms with Crippen LogP contribution in [0.2, 0.25) is 0 Å². The second-order valence-corrected chi connectivity index (χ2v) is 6.56. The Hall–Kier alpha value is 0.320. The standard InChI is InChI=1S/C13H18Br2O3/c1-4-5-9(16)7-6-8-11(14)12(15)10(7)13(8,17-2)18-3/h4,7-10,16H,1,5-6H2,2-3H3/t7-,8+,9+,10-/m1/s1. The minimum Gasteiger partial charge on any atom is -0.392 e. The van der Waals surface area contributed by atoms with Crippen molar-refractivity contribution in [3.05, 3.63) is 21.6 Å². The average molecular weight is 382 g/mol. The van der Waals surface area contributed by atoms with Crippen molar-refractivity contribution in [1.82, 2.24) is 0 Å². The number of rotatable bonds is 5. The van der Waals surface area contributed by atoms with Crippen LogP contribution in [0.15, 0.2) is 21.6 Å². The van der Waals surface area contributed by atoms with Crippen LogP contribution in [0.3, 0.4) is 0 Å². The maximum atomic E-state index is 10.3. The maximum absolute atomic E-state index is 10.3. The summed E-state index contributed by atoms with van der Waals surface area (Å²) in [6, 6.07) is 0. The van der Waals surface area contributed by atoms with Crippen molar-refractivity contribution in [2.24, 2.45) is 17.8 Å². The summed E-state index contributed by atoms with van der Waals surface area (Å²) in [7, 11) is 3.33. The summed E-state index contributed by atoms with van der Waals surface area (Å²) in [5, 5.41) is 10.3. The maximum Gasteiger partial charge on any atom is 0.182 e. The largest absolute Gasteiger partial charge is 0.392 e. The molecule has 18 heavy (non-hydrogen) atoms. The van der Waals surface area contributed by atoms with E-state index >= 15 is 0 Å². The van der Waals surface area contributed by atoms with Gasteiger partial charge in [0, 0.05) is 29.1 Å². The summed E-state index contributed by atoms with van der Waals surface area (Å²) in [5.41, 5.74) is 0. The fraction of sp³-hybridized carbons (Fsp3) is 0.692. The number of hydrogen-bond acceptors (Lipinski definition) is 3. The Morgan fingerprint density at radius 3 is 2.50 bits per heavy atom. The first-order chi connectivity index (χ1) is 8.53. The van der Waals surface area contributed by atoms with Gasteiger partial charge in [-0.25, -0.2) is 0 Å². The molecule has 0 amide bonds. The number of ether oxygens (including phenoxy) is 2. The molecule has 4 atom stereocenters. The molecule has 0 aromatic carbocycles. The zero-order valence-electron chi connectivity index (χ0n) is 10.5. The highest BCUT2D eigenvalue weighted by molar-refractivity contribution is 9.14. The van der Waals surface area contributed by atoms with Crippen molar-refractivity contribution in [3.63, 3.8) is 0 Å². The van der Waals surface area contributed by atoms with E-state index < -0.39 is 11.9 Å². The monoisotopic (exact) mass is 380 g/mol. The second kappa shape index (κ2) is 5.37. The summed E-state index contributed by atoms with van der Waals surface area (Å²) in [5.74, 6) is -0.369. The van der Waals surface area contributed by atoms with E-state index in [0.29, 0.717) is 6.42 Å². The molecular weight excluding hydrogens is 364 g/mol. The fourth-order valence-electron chi connectivity index (χ4n) is 3.39. The van der Waals surface area contributed by atoms with Crippen LogP contribution in [0.25, 0.3) is 0 Å². The van der Waals surface area contributed by atoms with Gasteiger partial charge >= 0.3 is 0 Å². The molecule has 5 heteroatoms. The van der Waals surface area contributed by atoms with Crippen molar-refractivity contribution in [1.29, 1.82) is 0 Å². The highest BCUT2D eigenvalue weighted by Crippen LogP contribution is 2.63. The predicted octanol–water partition coefficient (Wildman–Crippen LogP) is 3.18. The Morgan fingerprint density at radius 2 is 2.06 bits per heavy atom. The number of aliphatic hydroxyl groups is 1. The molecule has 2 rings (SSSR count). The number of halogens is 2. The van der Waals surface area contributed by atoms with E-state index in [-0.39, 0.29) is 17.8 Å². The van der Waals surface area contributed by atoms with Gasteiger partial charge in [-0.2, -0.15) is 0 Å². The van der Waals surface area contributed by atoms with E-state index in [0.717, 1.165) is 15.4 Å². The molecule has 0 heterocycles. The predicted molar refractivity (Wildman–Crippen MR) is 77.5 cm³/mol. The molecule has 0 unspecified atom stereocenters. The smallest absolute Gasteiger partial charge is 0.182 e. The van der Waals surface area contributed by atoms with Gasteiger partial charge in [0.15, 0.2) is 5.79 Å². The van der Waals surface area contributed by atoms with Gasteiger partial charge in [0.05, 0.1) is 12.0 Å². The number of fused-ring (bicyclic) bond motifs is 2. The van der Waals surface area contributed by atoms with Gasteiger partial charge in [-0.1, -0.05) is 37.9 Å². The van der Waals surface area contributed by atoms with Crippen molar-refractivity contribution in [3.8, 4) is 0 Å². The Morgan fingerprint density at radius 1 is 1.44 bits per heavy atom. The SMILES string of the molecule is C=CC[C@H](O)[C@H]1C[C@H]2C(Br)=C(Br)[C@@H]1C2(OC)OC. The average Bonchev–Trinajstić information content (AvgIpc) is 2.80. The molecule has 1 fully saturated rings. The Labute approximate surface area is 124 Å². The van der Waals surface area contributed by atoms with Crippen LogP contribution in [-0.2, 0) is 9.47 Å². The molecular formula is C13H18Br2O3. The Bertz CT molecular complexity index is 376. The van der Waals surface area contributed by atoms with Crippen LogP contribution >= 0.6 is 31.9 Å². The van der Waals surface area contributed by atoms with Gasteiger partial charge in [-0.15, -0.1) is 6.58 Å². The molecule has 1 saturated carbocycles. The molecule has 0 radical (unpaired) electrons. The van der Waals surface area contributed by atoms with Crippen LogP contribution in [0, 0.1) is 17.8 Å². The summed E-state index contributed by atoms with van der Waals surface area (Å²) >= 11 is 7.22. The van der Waals surface area contributed by atoms with Gasteiger partial charge in [0.2, 0.25) is 0 Å². The molecule has 0 aromatic rings. The summed E-state index contributed by atoms with van der Waals surface area (Å²) < 4.78 is 13.5. The quantitative estimate of drug-likeness (QED) is 0.587. The van der Waals surface area contributed by atoms with Gasteiger partial charge in [-0.05, 0) is 18.8 Å². The van der Waals surface area contributed by atoms with Crippen molar-refractivity contribution >= 4 is 31.9 Å². The van der Waals surface area contributed by atoms with Crippen LogP contribution in [0.1, 0.15) is 12.8 Å². The molecule has 0 spiro atoms. The zero-order valence-corrected chi connectivity index (χ0v) is 13.7. The zero-order chi connectivity index (χ0) is 13.5. The van der Waals surface area contributed by atoms with Crippen LogP contribution < -0.4 is 0 Å². The van der Waals surface area contributed by atoms with Gasteiger partial charge in [-0.3, -0.25) is 0 Å². The summed E-state index contributed by atoms with van der Waals surface area (Å²) in [4.78, 5) is 0. The lowest BCUT2D eigenvalue weighted by Crippen LogP contribution is -2.42. The third-order valence-electron chi connectivity index (χ3n) is 4.20. The second-order valence-electron chi connectivity index (χ2n) is 4.85. The summed E-state index contributed by atoms with van der Waals surface area (Å²) in [6.45, 7) is 3.69. The van der Waals surface area contributed by atoms with E-state index in [1.807, 2.05) is 0 Å². The van der Waals surface area contributed by atoms with Crippen molar-refractivity contribution < 1.29 is 14.6 Å². The highest BCUT2D eigenvalue weighted by atomic mass is 79.9. The summed E-state index contributed by atoms with van der Waals surface area (Å²) in [6.07, 6.45) is 2.80. The van der Waals surface area contributed by atoms with E-state index in [9.17, 15) is 5.11 Å². The first kappa shape index (κ1) is 14.7. The Balaban J connectivity index is 2.34. The van der Waals surface area contributed by atoms with E-state index in [4.69, 9.17) is 9.47 Å². The number of hydrogen-bond donors (Lipinski definition) is 1. The topological polar surface area (TPSA) is 38.7 Å². The van der Waals surface area contributed by atoms with E-state index in [1.54, 1.807) is 20.3 Å². The number of methoxy groups -OCH3 is 2. The van der Waals surface area contributed by atoms with E-state index in [1.165, 1.54) is 0 Å². The molecule has 2 bridgehead atoms.